The van der Waals surface area contributed by atoms with Crippen molar-refractivity contribution in [1.29, 1.82) is 0 Å². The Morgan fingerprint density at radius 2 is 1.78 bits per heavy atom. The molecule has 0 saturated heterocycles. The van der Waals surface area contributed by atoms with Crippen molar-refractivity contribution < 1.29 is 14.2 Å². The van der Waals surface area contributed by atoms with E-state index in [-0.39, 0.29) is 13.2 Å². The van der Waals surface area contributed by atoms with Crippen LogP contribution in [0, 0.1) is 5.82 Å². The number of halogens is 1. The van der Waals surface area contributed by atoms with Crippen molar-refractivity contribution in [2.45, 2.75) is 13.2 Å². The molecule has 0 unspecified atom stereocenters. The van der Waals surface area contributed by atoms with Gasteiger partial charge in [-0.05, 0) is 18.2 Å². The average Bonchev–Trinajstić information content (AvgIpc) is 2.40. The molecule has 0 radical (unpaired) electrons. The van der Waals surface area contributed by atoms with Crippen molar-refractivity contribution in [3.8, 4) is 11.5 Å². The molecule has 2 rings (SSSR count). The Hall–Kier alpha value is -1.91. The van der Waals surface area contributed by atoms with E-state index in [0.717, 1.165) is 0 Å². The predicted octanol–water partition coefficient (Wildman–Crippen LogP) is 2.57. The summed E-state index contributed by atoms with van der Waals surface area (Å²) in [7, 11) is 0. The highest BCUT2D eigenvalue weighted by Gasteiger charge is 2.10. The molecule has 0 heterocycles. The minimum atomic E-state index is -0.392. The van der Waals surface area contributed by atoms with Crippen LogP contribution in [0.3, 0.4) is 0 Å². The first-order valence-corrected chi connectivity index (χ1v) is 5.60. The van der Waals surface area contributed by atoms with Gasteiger partial charge in [-0.15, -0.1) is 0 Å². The summed E-state index contributed by atoms with van der Waals surface area (Å²) in [6.45, 7) is -0.0766. The Morgan fingerprint density at radius 1 is 1.06 bits per heavy atom. The van der Waals surface area contributed by atoms with Gasteiger partial charge in [0.05, 0.1) is 6.61 Å². The summed E-state index contributed by atoms with van der Waals surface area (Å²) in [5.41, 5.74) is 6.47. The first-order chi connectivity index (χ1) is 8.76. The fourth-order valence-corrected chi connectivity index (χ4v) is 1.69. The highest BCUT2D eigenvalue weighted by molar-refractivity contribution is 5.41. The molecule has 0 fully saturated rings. The quantitative estimate of drug-likeness (QED) is 0.873. The molecule has 94 valence electrons. The van der Waals surface area contributed by atoms with Gasteiger partial charge in [-0.2, -0.15) is 0 Å². The van der Waals surface area contributed by atoms with Gasteiger partial charge < -0.3 is 15.6 Å². The van der Waals surface area contributed by atoms with E-state index in [1.165, 1.54) is 6.07 Å². The highest BCUT2D eigenvalue weighted by atomic mass is 19.1. The standard InChI is InChI=1S/C14H14FNO2/c15-12-5-3-7-14(11(12)8-16)18-13-6-2-1-4-10(13)9-17/h1-7,17H,8-9,16H2. The van der Waals surface area contributed by atoms with E-state index < -0.39 is 5.82 Å². The average molecular weight is 247 g/mol. The Labute approximate surface area is 105 Å². The van der Waals surface area contributed by atoms with Gasteiger partial charge in [0.2, 0.25) is 0 Å². The Morgan fingerprint density at radius 3 is 2.50 bits per heavy atom. The third-order valence-corrected chi connectivity index (χ3v) is 2.64. The first-order valence-electron chi connectivity index (χ1n) is 5.60. The fourth-order valence-electron chi connectivity index (χ4n) is 1.69. The van der Waals surface area contributed by atoms with Crippen LogP contribution in [-0.4, -0.2) is 5.11 Å². The van der Waals surface area contributed by atoms with Crippen LogP contribution in [-0.2, 0) is 13.2 Å². The fraction of sp³-hybridized carbons (Fsp3) is 0.143. The summed E-state index contributed by atoms with van der Waals surface area (Å²) in [5.74, 6) is 0.482. The zero-order chi connectivity index (χ0) is 13.0. The van der Waals surface area contributed by atoms with Crippen LogP contribution in [0.5, 0.6) is 11.5 Å². The number of hydrogen-bond donors (Lipinski definition) is 2. The van der Waals surface area contributed by atoms with Crippen LogP contribution < -0.4 is 10.5 Å². The van der Waals surface area contributed by atoms with E-state index in [0.29, 0.717) is 22.6 Å². The van der Waals surface area contributed by atoms with Crippen molar-refractivity contribution in [1.82, 2.24) is 0 Å². The summed E-state index contributed by atoms with van der Waals surface area (Å²) < 4.78 is 19.1. The number of benzene rings is 2. The smallest absolute Gasteiger partial charge is 0.134 e. The summed E-state index contributed by atoms with van der Waals surface area (Å²) in [4.78, 5) is 0. The van der Waals surface area contributed by atoms with Gasteiger partial charge in [-0.1, -0.05) is 24.3 Å². The minimum absolute atomic E-state index is 0.0588. The Bertz CT molecular complexity index is 543. The van der Waals surface area contributed by atoms with Gasteiger partial charge in [0, 0.05) is 17.7 Å². The largest absolute Gasteiger partial charge is 0.457 e. The maximum atomic E-state index is 13.5. The molecule has 0 aromatic heterocycles. The predicted molar refractivity (Wildman–Crippen MR) is 66.7 cm³/mol. The van der Waals surface area contributed by atoms with Gasteiger partial charge in [0.15, 0.2) is 0 Å². The van der Waals surface area contributed by atoms with Crippen LogP contribution in [0.2, 0.25) is 0 Å². The maximum Gasteiger partial charge on any atom is 0.134 e. The third kappa shape index (κ3) is 2.50. The van der Waals surface area contributed by atoms with Crippen molar-refractivity contribution in [2.75, 3.05) is 0 Å². The number of ether oxygens (including phenoxy) is 1. The van der Waals surface area contributed by atoms with Crippen LogP contribution in [0.15, 0.2) is 42.5 Å². The molecule has 4 heteroatoms. The molecule has 2 aromatic rings. The van der Waals surface area contributed by atoms with E-state index in [4.69, 9.17) is 10.5 Å². The molecule has 3 nitrogen and oxygen atoms in total. The molecule has 0 spiro atoms. The number of hydrogen-bond acceptors (Lipinski definition) is 3. The van der Waals surface area contributed by atoms with Gasteiger partial charge in [0.25, 0.3) is 0 Å². The van der Waals surface area contributed by atoms with E-state index in [1.54, 1.807) is 36.4 Å². The lowest BCUT2D eigenvalue weighted by Crippen LogP contribution is -2.03. The molecular formula is C14H14FNO2. The topological polar surface area (TPSA) is 55.5 Å². The van der Waals surface area contributed by atoms with Crippen molar-refractivity contribution >= 4 is 0 Å². The molecule has 0 atom stereocenters. The van der Waals surface area contributed by atoms with E-state index in [9.17, 15) is 9.50 Å². The lowest BCUT2D eigenvalue weighted by atomic mass is 10.1. The Balaban J connectivity index is 2.37. The van der Waals surface area contributed by atoms with Crippen molar-refractivity contribution in [3.63, 3.8) is 0 Å². The molecule has 2 aromatic carbocycles. The second-order valence-corrected chi connectivity index (χ2v) is 3.79. The van der Waals surface area contributed by atoms with Crippen LogP contribution in [0.25, 0.3) is 0 Å². The van der Waals surface area contributed by atoms with E-state index in [1.807, 2.05) is 0 Å². The second-order valence-electron chi connectivity index (χ2n) is 3.79. The molecule has 0 saturated carbocycles. The lowest BCUT2D eigenvalue weighted by molar-refractivity contribution is 0.276. The minimum Gasteiger partial charge on any atom is -0.457 e. The van der Waals surface area contributed by atoms with Crippen LogP contribution >= 0.6 is 0 Å². The first kappa shape index (κ1) is 12.5. The summed E-state index contributed by atoms with van der Waals surface area (Å²) in [6.07, 6.45) is 0. The van der Waals surface area contributed by atoms with E-state index in [2.05, 4.69) is 0 Å². The molecule has 0 amide bonds. The van der Waals surface area contributed by atoms with Gasteiger partial charge >= 0.3 is 0 Å². The second kappa shape index (κ2) is 5.62. The third-order valence-electron chi connectivity index (χ3n) is 2.64. The zero-order valence-electron chi connectivity index (χ0n) is 9.77. The maximum absolute atomic E-state index is 13.5. The number of nitrogens with two attached hydrogens (primary N) is 1. The summed E-state index contributed by atoms with van der Waals surface area (Å²) >= 11 is 0. The normalized spacial score (nSPS) is 10.4. The lowest BCUT2D eigenvalue weighted by Gasteiger charge is -2.12. The molecule has 0 aliphatic heterocycles. The number of rotatable bonds is 4. The monoisotopic (exact) mass is 247 g/mol. The molecule has 18 heavy (non-hydrogen) atoms. The molecule has 0 aliphatic rings. The number of aliphatic hydroxyl groups excluding tert-OH is 1. The van der Waals surface area contributed by atoms with Crippen molar-refractivity contribution in [3.05, 3.63) is 59.4 Å². The van der Waals surface area contributed by atoms with Gasteiger partial charge in [0.1, 0.15) is 17.3 Å². The molecule has 0 bridgehead atoms. The molecule has 3 N–H and O–H groups in total. The van der Waals surface area contributed by atoms with E-state index >= 15 is 0 Å². The SMILES string of the molecule is NCc1c(F)cccc1Oc1ccccc1CO. The van der Waals surface area contributed by atoms with Crippen molar-refractivity contribution in [2.24, 2.45) is 5.73 Å². The highest BCUT2D eigenvalue weighted by Crippen LogP contribution is 2.29. The summed E-state index contributed by atoms with van der Waals surface area (Å²) in [6, 6.07) is 11.6. The molecular weight excluding hydrogens is 233 g/mol. The Kier molecular flexibility index (Phi) is 3.92. The van der Waals surface area contributed by atoms with Gasteiger partial charge in [-0.25, -0.2) is 4.39 Å². The summed E-state index contributed by atoms with van der Waals surface area (Å²) in [5, 5.41) is 9.20. The van der Waals surface area contributed by atoms with Crippen LogP contribution in [0.4, 0.5) is 4.39 Å². The van der Waals surface area contributed by atoms with Gasteiger partial charge in [-0.3, -0.25) is 0 Å². The number of aliphatic hydroxyl groups is 1. The zero-order valence-corrected chi connectivity index (χ0v) is 9.77. The van der Waals surface area contributed by atoms with Crippen LogP contribution in [0.1, 0.15) is 11.1 Å². The number of para-hydroxylation sites is 1. The molecule has 0 aliphatic carbocycles.